The lowest BCUT2D eigenvalue weighted by Gasteiger charge is -2.13. The van der Waals surface area contributed by atoms with Crippen LogP contribution in [0.25, 0.3) is 10.9 Å². The first-order valence-corrected chi connectivity index (χ1v) is 8.96. The van der Waals surface area contributed by atoms with Crippen molar-refractivity contribution in [1.29, 1.82) is 0 Å². The second-order valence-electron chi connectivity index (χ2n) is 5.78. The maximum atomic E-state index is 11.7. The molecule has 0 aliphatic heterocycles. The molecular weight excluding hydrogens is 368 g/mol. The van der Waals surface area contributed by atoms with Gasteiger partial charge < -0.3 is 19.8 Å². The van der Waals surface area contributed by atoms with Gasteiger partial charge in [0.1, 0.15) is 0 Å². The van der Waals surface area contributed by atoms with Crippen molar-refractivity contribution in [3.63, 3.8) is 0 Å². The zero-order valence-corrected chi connectivity index (χ0v) is 15.9. The third-order valence-corrected chi connectivity index (χ3v) is 4.24. The molecule has 0 atom stereocenters. The predicted octanol–water partition coefficient (Wildman–Crippen LogP) is 4.45. The number of nitrogens with zero attached hydrogens (tertiary/aromatic N) is 1. The lowest BCUT2D eigenvalue weighted by atomic mass is 10.1. The van der Waals surface area contributed by atoms with E-state index in [9.17, 15) is 4.79 Å². The average molecular weight is 389 g/mol. The highest BCUT2D eigenvalue weighted by atomic mass is 35.5. The van der Waals surface area contributed by atoms with E-state index in [1.54, 1.807) is 26.2 Å². The number of hydrogen-bond acceptors (Lipinski definition) is 5. The summed E-state index contributed by atoms with van der Waals surface area (Å²) in [5, 5.41) is 7.71. The number of nitrogens with one attached hydrogen (secondary N) is 3. The topological polar surface area (TPSA) is 88.3 Å². The van der Waals surface area contributed by atoms with Gasteiger partial charge in [0.2, 0.25) is 5.88 Å². The fourth-order valence-electron chi connectivity index (χ4n) is 2.74. The first kappa shape index (κ1) is 18.8. The van der Waals surface area contributed by atoms with E-state index in [2.05, 4.69) is 20.6 Å². The van der Waals surface area contributed by atoms with E-state index >= 15 is 0 Å². The van der Waals surface area contributed by atoms with Gasteiger partial charge in [0.15, 0.2) is 5.82 Å². The average Bonchev–Trinajstić information content (AvgIpc) is 3.05. The summed E-state index contributed by atoms with van der Waals surface area (Å²) in [7, 11) is 1.54. The Morgan fingerprint density at radius 3 is 2.93 bits per heavy atom. The van der Waals surface area contributed by atoms with Crippen molar-refractivity contribution in [3.8, 4) is 5.88 Å². The van der Waals surface area contributed by atoms with Crippen LogP contribution in [0.3, 0.4) is 0 Å². The molecular formula is C19H21ClN4O3. The van der Waals surface area contributed by atoms with E-state index in [0.717, 1.165) is 22.9 Å². The Labute approximate surface area is 162 Å². The zero-order chi connectivity index (χ0) is 19.2. The van der Waals surface area contributed by atoms with Gasteiger partial charge in [-0.3, -0.25) is 5.32 Å². The minimum Gasteiger partial charge on any atom is -0.481 e. The molecule has 2 heterocycles. The number of methoxy groups -OCH3 is 1. The van der Waals surface area contributed by atoms with Crippen LogP contribution in [0.1, 0.15) is 12.5 Å². The van der Waals surface area contributed by atoms with Gasteiger partial charge in [0, 0.05) is 34.7 Å². The van der Waals surface area contributed by atoms with Crippen LogP contribution in [0.4, 0.5) is 16.3 Å². The number of carbonyl (C=O) groups excluding carboxylic acids is 1. The lowest BCUT2D eigenvalue weighted by Crippen LogP contribution is -2.16. The number of H-pyrrole nitrogens is 1. The van der Waals surface area contributed by atoms with E-state index in [0.29, 0.717) is 35.6 Å². The molecule has 1 amide bonds. The molecule has 0 radical (unpaired) electrons. The van der Waals surface area contributed by atoms with Gasteiger partial charge in [0.25, 0.3) is 0 Å². The van der Waals surface area contributed by atoms with Crippen LogP contribution >= 0.6 is 11.6 Å². The highest BCUT2D eigenvalue weighted by Crippen LogP contribution is 2.25. The SMILES string of the molecule is CCOC(=O)Nc1ccc(OC)nc1NCCc1c[nH]c2ccc(Cl)cc12. The highest BCUT2D eigenvalue weighted by Gasteiger charge is 2.11. The van der Waals surface area contributed by atoms with Crippen molar-refractivity contribution in [2.24, 2.45) is 0 Å². The van der Waals surface area contributed by atoms with E-state index in [-0.39, 0.29) is 0 Å². The van der Waals surface area contributed by atoms with Crippen molar-refractivity contribution in [2.75, 3.05) is 30.9 Å². The number of halogens is 1. The molecule has 0 saturated heterocycles. The molecule has 142 valence electrons. The maximum Gasteiger partial charge on any atom is 0.411 e. The number of ether oxygens (including phenoxy) is 2. The Bertz CT molecular complexity index is 942. The molecule has 0 spiro atoms. The summed E-state index contributed by atoms with van der Waals surface area (Å²) in [6.45, 7) is 2.65. The van der Waals surface area contributed by atoms with E-state index < -0.39 is 6.09 Å². The van der Waals surface area contributed by atoms with Crippen molar-refractivity contribution in [1.82, 2.24) is 9.97 Å². The predicted molar refractivity (Wildman–Crippen MR) is 107 cm³/mol. The minimum absolute atomic E-state index is 0.293. The van der Waals surface area contributed by atoms with Gasteiger partial charge in [-0.25, -0.2) is 4.79 Å². The number of pyridine rings is 1. The second-order valence-corrected chi connectivity index (χ2v) is 6.21. The number of rotatable bonds is 7. The minimum atomic E-state index is -0.529. The van der Waals surface area contributed by atoms with E-state index in [4.69, 9.17) is 21.1 Å². The molecule has 3 rings (SSSR count). The molecule has 3 aromatic rings. The third kappa shape index (κ3) is 4.62. The van der Waals surface area contributed by atoms with Crippen LogP contribution < -0.4 is 15.4 Å². The molecule has 7 nitrogen and oxygen atoms in total. The molecule has 0 fully saturated rings. The molecule has 0 bridgehead atoms. The quantitative estimate of drug-likeness (QED) is 0.556. The number of anilines is 2. The Balaban J connectivity index is 1.72. The third-order valence-electron chi connectivity index (χ3n) is 4.01. The largest absolute Gasteiger partial charge is 0.481 e. The summed E-state index contributed by atoms with van der Waals surface area (Å²) >= 11 is 6.10. The van der Waals surface area contributed by atoms with Crippen LogP contribution in [-0.2, 0) is 11.2 Å². The fraction of sp³-hybridized carbons (Fsp3) is 0.263. The summed E-state index contributed by atoms with van der Waals surface area (Å²) in [5.74, 6) is 0.964. The molecule has 8 heteroatoms. The zero-order valence-electron chi connectivity index (χ0n) is 15.1. The van der Waals surface area contributed by atoms with E-state index in [1.165, 1.54) is 0 Å². The van der Waals surface area contributed by atoms with Gasteiger partial charge >= 0.3 is 6.09 Å². The molecule has 0 aliphatic rings. The Hall–Kier alpha value is -2.93. The van der Waals surface area contributed by atoms with Crippen LogP contribution in [0.2, 0.25) is 5.02 Å². The van der Waals surface area contributed by atoms with Crippen molar-refractivity contribution >= 4 is 40.1 Å². The van der Waals surface area contributed by atoms with Crippen LogP contribution in [0.15, 0.2) is 36.5 Å². The molecule has 0 aliphatic carbocycles. The van der Waals surface area contributed by atoms with Gasteiger partial charge in [-0.2, -0.15) is 4.98 Å². The number of hydrogen-bond donors (Lipinski definition) is 3. The Morgan fingerprint density at radius 2 is 2.15 bits per heavy atom. The van der Waals surface area contributed by atoms with Gasteiger partial charge in [-0.1, -0.05) is 11.6 Å². The molecule has 2 aromatic heterocycles. The van der Waals surface area contributed by atoms with Crippen molar-refractivity contribution < 1.29 is 14.3 Å². The second kappa shape index (κ2) is 8.64. The smallest absolute Gasteiger partial charge is 0.411 e. The summed E-state index contributed by atoms with van der Waals surface area (Å²) in [4.78, 5) is 19.3. The first-order chi connectivity index (χ1) is 13.1. The number of benzene rings is 1. The summed E-state index contributed by atoms with van der Waals surface area (Å²) < 4.78 is 10.1. The summed E-state index contributed by atoms with van der Waals surface area (Å²) in [6, 6.07) is 9.15. The van der Waals surface area contributed by atoms with Gasteiger partial charge in [-0.15, -0.1) is 0 Å². The Morgan fingerprint density at radius 1 is 1.30 bits per heavy atom. The number of aromatic nitrogens is 2. The normalized spacial score (nSPS) is 10.6. The van der Waals surface area contributed by atoms with E-state index in [1.807, 2.05) is 24.4 Å². The van der Waals surface area contributed by atoms with Gasteiger partial charge in [-0.05, 0) is 43.2 Å². The highest BCUT2D eigenvalue weighted by molar-refractivity contribution is 6.31. The van der Waals surface area contributed by atoms with Crippen LogP contribution in [0.5, 0.6) is 5.88 Å². The van der Waals surface area contributed by atoms with Crippen molar-refractivity contribution in [3.05, 3.63) is 47.1 Å². The maximum absolute atomic E-state index is 11.7. The number of aromatic amines is 1. The first-order valence-electron chi connectivity index (χ1n) is 8.59. The molecule has 0 saturated carbocycles. The van der Waals surface area contributed by atoms with Gasteiger partial charge in [0.05, 0.1) is 19.4 Å². The summed E-state index contributed by atoms with van der Waals surface area (Å²) in [6.07, 6.45) is 2.19. The van der Waals surface area contributed by atoms with Crippen molar-refractivity contribution in [2.45, 2.75) is 13.3 Å². The molecule has 3 N–H and O–H groups in total. The standard InChI is InChI=1S/C19H21ClN4O3/c1-3-27-19(25)23-16-6-7-17(26-2)24-18(16)21-9-8-12-11-22-15-5-4-13(20)10-14(12)15/h4-7,10-11,22H,3,8-9H2,1-2H3,(H,21,24)(H,23,25). The number of amides is 1. The molecule has 0 unspecified atom stereocenters. The number of fused-ring (bicyclic) bond motifs is 1. The Kier molecular flexibility index (Phi) is 6.03. The fourth-order valence-corrected chi connectivity index (χ4v) is 2.91. The number of carbonyl (C=O) groups is 1. The monoisotopic (exact) mass is 388 g/mol. The van der Waals surface area contributed by atoms with Crippen LogP contribution in [0, 0.1) is 0 Å². The lowest BCUT2D eigenvalue weighted by molar-refractivity contribution is 0.168. The van der Waals surface area contributed by atoms with Crippen LogP contribution in [-0.4, -0.2) is 36.3 Å². The molecule has 1 aromatic carbocycles. The summed E-state index contributed by atoms with van der Waals surface area (Å²) in [5.41, 5.74) is 2.71. The molecule has 27 heavy (non-hydrogen) atoms.